The van der Waals surface area contributed by atoms with E-state index in [2.05, 4.69) is 8.40 Å². The van der Waals surface area contributed by atoms with Crippen molar-refractivity contribution in [1.29, 1.82) is 0 Å². The molecule has 0 aromatic rings. The zero-order valence-corrected chi connectivity index (χ0v) is 7.99. The molecule has 0 bridgehead atoms. The Morgan fingerprint density at radius 1 is 1.25 bits per heavy atom. The molecular formula is C8H3IO3. The first-order valence-electron chi connectivity index (χ1n) is 3.17. The Morgan fingerprint density at radius 2 is 2.00 bits per heavy atom. The van der Waals surface area contributed by atoms with Crippen LogP contribution in [0.25, 0.3) is 0 Å². The highest BCUT2D eigenvalue weighted by molar-refractivity contribution is 14.2. The quantitative estimate of drug-likeness (QED) is 0.373. The number of hydrogen-bond acceptors (Lipinski definition) is 3. The molecule has 0 fully saturated rings. The molecule has 3 nitrogen and oxygen atoms in total. The molecule has 2 aliphatic rings. The smallest absolute Gasteiger partial charge is 0.347 e. The minimum atomic E-state index is -0.557. The van der Waals surface area contributed by atoms with E-state index < -0.39 is 11.9 Å². The summed E-state index contributed by atoms with van der Waals surface area (Å²) in [6.07, 6.45) is 3.20. The van der Waals surface area contributed by atoms with Crippen LogP contribution >= 0.6 is 20.7 Å². The number of halogens is 1. The van der Waals surface area contributed by atoms with E-state index >= 15 is 0 Å². The molecule has 0 saturated carbocycles. The summed E-state index contributed by atoms with van der Waals surface area (Å²) in [6.45, 7) is 0. The zero-order chi connectivity index (χ0) is 8.55. The maximum Gasteiger partial charge on any atom is 0.347 e. The van der Waals surface area contributed by atoms with Gasteiger partial charge in [-0.05, 0) is 30.9 Å². The molecular weight excluding hydrogens is 271 g/mol. The van der Waals surface area contributed by atoms with E-state index in [4.69, 9.17) is 0 Å². The molecule has 2 heterocycles. The molecule has 60 valence electrons. The Hall–Kier alpha value is -1.00. The molecule has 0 radical (unpaired) electrons. The molecule has 0 aromatic heterocycles. The number of ether oxygens (including phenoxy) is 1. The van der Waals surface area contributed by atoms with E-state index in [1.807, 2.05) is 4.08 Å². The SMILES string of the molecule is O=C1OC(=O)C2=C1C=C=IC=C2. The monoisotopic (exact) mass is 274 g/mol. The number of carbonyl (C=O) groups is 2. The standard InChI is InChI=1S/C8H3IO3/c10-7-5-1-3-9-4-2-6(5)8(11)12-7/h1-3H. The van der Waals surface area contributed by atoms with Crippen LogP contribution in [0.1, 0.15) is 0 Å². The van der Waals surface area contributed by atoms with Gasteiger partial charge < -0.3 is 4.74 Å². The highest BCUT2D eigenvalue weighted by Crippen LogP contribution is 2.21. The highest BCUT2D eigenvalue weighted by atomic mass is 127. The van der Waals surface area contributed by atoms with Crippen LogP contribution in [0.3, 0.4) is 0 Å². The fourth-order valence-electron chi connectivity index (χ4n) is 0.925. The third-order valence-electron chi connectivity index (χ3n) is 1.47. The van der Waals surface area contributed by atoms with Crippen LogP contribution in [0.5, 0.6) is 0 Å². The van der Waals surface area contributed by atoms with Crippen LogP contribution in [0.15, 0.2) is 27.4 Å². The van der Waals surface area contributed by atoms with Gasteiger partial charge in [-0.1, -0.05) is 3.67 Å². The average Bonchev–Trinajstić information content (AvgIpc) is 2.29. The predicted molar refractivity (Wildman–Crippen MR) is 50.9 cm³/mol. The molecule has 0 aliphatic carbocycles. The number of carbonyl (C=O) groups excluding carboxylic acids is 2. The Balaban J connectivity index is 2.62. The van der Waals surface area contributed by atoms with Gasteiger partial charge in [0.25, 0.3) is 0 Å². The van der Waals surface area contributed by atoms with E-state index in [9.17, 15) is 9.59 Å². The molecule has 0 aromatic carbocycles. The van der Waals surface area contributed by atoms with Crippen LogP contribution in [-0.4, -0.2) is 15.6 Å². The van der Waals surface area contributed by atoms with Gasteiger partial charge >= 0.3 is 11.9 Å². The lowest BCUT2D eigenvalue weighted by molar-refractivity contribution is -0.150. The van der Waals surface area contributed by atoms with Crippen LogP contribution in [0, 0.1) is 0 Å². The maximum absolute atomic E-state index is 11.0. The molecule has 0 saturated heterocycles. The number of hydrogen-bond donors (Lipinski definition) is 0. The third-order valence-corrected chi connectivity index (χ3v) is 2.86. The first kappa shape index (κ1) is 7.64. The number of rotatable bonds is 0. The van der Waals surface area contributed by atoms with Crippen molar-refractivity contribution in [2.24, 2.45) is 0 Å². The highest BCUT2D eigenvalue weighted by Gasteiger charge is 2.29. The van der Waals surface area contributed by atoms with Gasteiger partial charge in [0.2, 0.25) is 0 Å². The van der Waals surface area contributed by atoms with Gasteiger partial charge in [-0.3, -0.25) is 0 Å². The summed E-state index contributed by atoms with van der Waals surface area (Å²) in [6, 6.07) is 0. The molecule has 2 aliphatic heterocycles. The Kier molecular flexibility index (Phi) is 1.78. The molecule has 12 heavy (non-hydrogen) atoms. The van der Waals surface area contributed by atoms with Gasteiger partial charge in [0.1, 0.15) is 0 Å². The number of esters is 2. The lowest BCUT2D eigenvalue weighted by atomic mass is 10.1. The summed E-state index contributed by atoms with van der Waals surface area (Å²) < 4.78 is 9.23. The summed E-state index contributed by atoms with van der Waals surface area (Å²) in [5.74, 6) is -1.10. The zero-order valence-electron chi connectivity index (χ0n) is 5.83. The molecule has 0 spiro atoms. The molecule has 0 amide bonds. The lowest BCUT2D eigenvalue weighted by Gasteiger charge is -1.86. The minimum Gasteiger partial charge on any atom is -0.386 e. The van der Waals surface area contributed by atoms with Crippen molar-refractivity contribution in [3.8, 4) is 0 Å². The molecule has 2 rings (SSSR count). The largest absolute Gasteiger partial charge is 0.386 e. The Bertz CT molecular complexity index is 391. The third kappa shape index (κ3) is 1.09. The average molecular weight is 274 g/mol. The van der Waals surface area contributed by atoms with Crippen molar-refractivity contribution >= 4 is 36.3 Å². The normalized spacial score (nSPS) is 20.3. The molecule has 0 unspecified atom stereocenters. The molecule has 0 atom stereocenters. The van der Waals surface area contributed by atoms with Crippen molar-refractivity contribution in [3.05, 3.63) is 27.4 Å². The molecule has 0 N–H and O–H groups in total. The number of cyclic esters (lactones) is 2. The fraction of sp³-hybridized carbons (Fsp3) is 0. The van der Waals surface area contributed by atoms with Crippen molar-refractivity contribution < 1.29 is 14.3 Å². The van der Waals surface area contributed by atoms with Gasteiger partial charge in [0, 0.05) is 6.08 Å². The van der Waals surface area contributed by atoms with Crippen molar-refractivity contribution in [2.75, 3.05) is 0 Å². The van der Waals surface area contributed by atoms with Crippen LogP contribution < -0.4 is 0 Å². The predicted octanol–water partition coefficient (Wildman–Crippen LogP) is 0.822. The first-order chi connectivity index (χ1) is 5.79. The summed E-state index contributed by atoms with van der Waals surface area (Å²) in [7, 11) is 0. The fourth-order valence-corrected chi connectivity index (χ4v) is 2.16. The first-order valence-corrected chi connectivity index (χ1v) is 5.50. The van der Waals surface area contributed by atoms with E-state index in [0.717, 1.165) is 0 Å². The van der Waals surface area contributed by atoms with Crippen LogP contribution in [0.4, 0.5) is 0 Å². The van der Waals surface area contributed by atoms with Crippen molar-refractivity contribution in [2.45, 2.75) is 0 Å². The van der Waals surface area contributed by atoms with E-state index in [1.54, 1.807) is 12.2 Å². The topological polar surface area (TPSA) is 43.4 Å². The summed E-state index contributed by atoms with van der Waals surface area (Å²) in [5.41, 5.74) is 0.707. The van der Waals surface area contributed by atoms with Gasteiger partial charge in [0.15, 0.2) is 0 Å². The van der Waals surface area contributed by atoms with Crippen LogP contribution in [0.2, 0.25) is 0 Å². The van der Waals surface area contributed by atoms with Crippen molar-refractivity contribution in [1.82, 2.24) is 0 Å². The summed E-state index contributed by atoms with van der Waals surface area (Å²) >= 11 is -0.266. The van der Waals surface area contributed by atoms with Gasteiger partial charge in [-0.25, -0.2) is 9.59 Å². The summed E-state index contributed by atoms with van der Waals surface area (Å²) in [4.78, 5) is 22.0. The van der Waals surface area contributed by atoms with Gasteiger partial charge in [-0.2, -0.15) is 0 Å². The lowest BCUT2D eigenvalue weighted by Crippen LogP contribution is -2.01. The van der Waals surface area contributed by atoms with Crippen molar-refractivity contribution in [3.63, 3.8) is 0 Å². The molecule has 4 heteroatoms. The Labute approximate surface area is 78.1 Å². The second kappa shape index (κ2) is 2.80. The van der Waals surface area contributed by atoms with E-state index in [0.29, 0.717) is 11.1 Å². The van der Waals surface area contributed by atoms with Gasteiger partial charge in [-0.15, -0.1) is 0 Å². The summed E-state index contributed by atoms with van der Waals surface area (Å²) in [5, 5.41) is 0. The second-order valence-electron chi connectivity index (χ2n) is 2.16. The van der Waals surface area contributed by atoms with Crippen LogP contribution in [-0.2, 0) is 14.3 Å². The van der Waals surface area contributed by atoms with E-state index in [1.165, 1.54) is 0 Å². The minimum absolute atomic E-state index is 0.266. The van der Waals surface area contributed by atoms with Gasteiger partial charge in [0.05, 0.1) is 11.1 Å². The maximum atomic E-state index is 11.0. The van der Waals surface area contributed by atoms with E-state index in [-0.39, 0.29) is 20.7 Å². The Morgan fingerprint density at radius 3 is 2.83 bits per heavy atom. The second-order valence-corrected chi connectivity index (χ2v) is 4.12.